The zero-order chi connectivity index (χ0) is 37.3. The van der Waals surface area contributed by atoms with E-state index < -0.39 is 5.91 Å². The quantitative estimate of drug-likeness (QED) is 0.150. The van der Waals surface area contributed by atoms with Crippen molar-refractivity contribution in [1.29, 1.82) is 0 Å². The first-order valence-corrected chi connectivity index (χ1v) is 18.3. The number of rotatable bonds is 12. The van der Waals surface area contributed by atoms with Crippen LogP contribution in [0.4, 0.5) is 22.7 Å². The number of carbonyl (C=O) groups is 4. The number of amides is 4. The highest BCUT2D eigenvalue weighted by molar-refractivity contribution is 6.01. The fourth-order valence-corrected chi connectivity index (χ4v) is 8.25. The smallest absolute Gasteiger partial charge is 0.228 e. The molecule has 6 N–H and O–H groups in total. The molecule has 5 aromatic rings. The second-order valence-electron chi connectivity index (χ2n) is 14.3. The van der Waals surface area contributed by atoms with E-state index in [2.05, 4.69) is 62.9 Å². The summed E-state index contributed by atoms with van der Waals surface area (Å²) in [7, 11) is 0. The van der Waals surface area contributed by atoms with Gasteiger partial charge in [-0.2, -0.15) is 0 Å². The maximum absolute atomic E-state index is 12.6. The van der Waals surface area contributed by atoms with Crippen molar-refractivity contribution in [3.8, 4) is 0 Å². The van der Waals surface area contributed by atoms with Crippen molar-refractivity contribution >= 4 is 46.4 Å². The van der Waals surface area contributed by atoms with Crippen molar-refractivity contribution in [3.63, 3.8) is 0 Å². The molecular weight excluding hydrogens is 681 g/mol. The van der Waals surface area contributed by atoms with Crippen LogP contribution in [0.2, 0.25) is 0 Å². The number of nitrogens with zero attached hydrogens (tertiary/aromatic N) is 4. The van der Waals surface area contributed by atoms with E-state index in [9.17, 15) is 19.2 Å². The van der Waals surface area contributed by atoms with Crippen molar-refractivity contribution in [2.45, 2.75) is 50.6 Å². The summed E-state index contributed by atoms with van der Waals surface area (Å²) in [5, 5.41) is 5.85. The van der Waals surface area contributed by atoms with E-state index in [0.717, 1.165) is 68.5 Å². The number of nitrogens with one attached hydrogen (secondary N) is 2. The third-order valence-electron chi connectivity index (χ3n) is 10.7. The Morgan fingerprint density at radius 3 is 2.41 bits per heavy atom. The number of benzene rings is 4. The monoisotopic (exact) mass is 722 g/mol. The predicted molar refractivity (Wildman–Crippen MR) is 207 cm³/mol. The third-order valence-corrected chi connectivity index (χ3v) is 10.7. The van der Waals surface area contributed by atoms with Gasteiger partial charge < -0.3 is 36.5 Å². The number of primary amides is 2. The molecule has 0 aliphatic carbocycles. The Bertz CT molecular complexity index is 2270. The van der Waals surface area contributed by atoms with Gasteiger partial charge in [-0.15, -0.1) is 0 Å². The van der Waals surface area contributed by atoms with Gasteiger partial charge in [-0.1, -0.05) is 60.7 Å². The summed E-state index contributed by atoms with van der Waals surface area (Å²) >= 11 is 0. The molecule has 0 radical (unpaired) electrons. The number of fused-ring (bicyclic) bond motifs is 2. The van der Waals surface area contributed by atoms with Crippen LogP contribution in [0.1, 0.15) is 58.0 Å². The topological polar surface area (TPSA) is 169 Å². The molecule has 0 bridgehead atoms. The van der Waals surface area contributed by atoms with Crippen molar-refractivity contribution in [2.24, 2.45) is 11.5 Å². The second-order valence-corrected chi connectivity index (χ2v) is 14.3. The van der Waals surface area contributed by atoms with Gasteiger partial charge in [-0.3, -0.25) is 19.2 Å². The van der Waals surface area contributed by atoms with E-state index in [0.29, 0.717) is 38.9 Å². The summed E-state index contributed by atoms with van der Waals surface area (Å²) in [6.07, 6.45) is 3.29. The van der Waals surface area contributed by atoms with Crippen molar-refractivity contribution < 1.29 is 19.2 Å². The highest BCUT2D eigenvalue weighted by Gasteiger charge is 2.33. The van der Waals surface area contributed by atoms with Crippen LogP contribution in [0.5, 0.6) is 0 Å². The molecule has 12 heteroatoms. The number of carbonyl (C=O) groups excluding carboxylic acids is 4. The van der Waals surface area contributed by atoms with Crippen LogP contribution in [0.3, 0.4) is 0 Å². The van der Waals surface area contributed by atoms with E-state index in [1.165, 1.54) is 0 Å². The molecule has 4 aromatic carbocycles. The molecule has 0 saturated carbocycles. The van der Waals surface area contributed by atoms with Crippen LogP contribution in [0.15, 0.2) is 97.3 Å². The van der Waals surface area contributed by atoms with Gasteiger partial charge in [-0.25, -0.2) is 4.98 Å². The highest BCUT2D eigenvalue weighted by Crippen LogP contribution is 2.38. The lowest BCUT2D eigenvalue weighted by atomic mass is 9.86. The molecule has 54 heavy (non-hydrogen) atoms. The molecule has 4 amide bonds. The number of hydrogen-bond donors (Lipinski definition) is 4. The summed E-state index contributed by atoms with van der Waals surface area (Å²) < 4.78 is 1.98. The SMILES string of the molecule is NC(=O)CCC1CN(c2cccc(C(c3ccccc3)c3ncn(Cc4ccc5c(c4)CC(=O)N5)c3CC(N)=O)c2)CCN1c1cccc2c1CC(=O)N2. The van der Waals surface area contributed by atoms with E-state index >= 15 is 0 Å². The minimum Gasteiger partial charge on any atom is -0.370 e. The molecule has 12 nitrogen and oxygen atoms in total. The van der Waals surface area contributed by atoms with Crippen LogP contribution in [0.25, 0.3) is 0 Å². The van der Waals surface area contributed by atoms with Crippen LogP contribution in [0, 0.1) is 0 Å². The number of anilines is 4. The molecule has 3 aliphatic heterocycles. The van der Waals surface area contributed by atoms with Gasteiger partial charge in [0.05, 0.1) is 42.9 Å². The van der Waals surface area contributed by atoms with Gasteiger partial charge in [0, 0.05) is 67.0 Å². The molecule has 2 atom stereocenters. The first-order valence-electron chi connectivity index (χ1n) is 18.3. The maximum atomic E-state index is 12.6. The highest BCUT2D eigenvalue weighted by atomic mass is 16.2. The van der Waals surface area contributed by atoms with Gasteiger partial charge >= 0.3 is 0 Å². The fraction of sp³-hybridized carbons (Fsp3) is 0.262. The van der Waals surface area contributed by atoms with E-state index in [1.54, 1.807) is 6.33 Å². The summed E-state index contributed by atoms with van der Waals surface area (Å²) in [5.74, 6) is -1.13. The third kappa shape index (κ3) is 7.02. The molecule has 1 aromatic heterocycles. The molecule has 4 heterocycles. The Balaban J connectivity index is 1.12. The lowest BCUT2D eigenvalue weighted by Gasteiger charge is -2.44. The molecule has 274 valence electrons. The zero-order valence-corrected chi connectivity index (χ0v) is 29.8. The Labute approximate surface area is 313 Å². The molecule has 0 spiro atoms. The van der Waals surface area contributed by atoms with Gasteiger partial charge in [0.1, 0.15) is 0 Å². The molecule has 2 unspecified atom stereocenters. The van der Waals surface area contributed by atoms with Gasteiger partial charge in [0.15, 0.2) is 0 Å². The summed E-state index contributed by atoms with van der Waals surface area (Å²) in [6, 6.07) is 30.4. The summed E-state index contributed by atoms with van der Waals surface area (Å²) in [6.45, 7) is 2.53. The van der Waals surface area contributed by atoms with Crippen molar-refractivity contribution in [1.82, 2.24) is 9.55 Å². The van der Waals surface area contributed by atoms with E-state index in [1.807, 2.05) is 53.1 Å². The average Bonchev–Trinajstić information content (AvgIpc) is 3.86. The second kappa shape index (κ2) is 14.5. The molecule has 1 fully saturated rings. The number of piperazine rings is 1. The van der Waals surface area contributed by atoms with Crippen LogP contribution >= 0.6 is 0 Å². The molecule has 3 aliphatic rings. The minimum absolute atomic E-state index is 0.0111. The molecular formula is C42H42N8O4. The number of aromatic nitrogens is 2. The largest absolute Gasteiger partial charge is 0.370 e. The first-order chi connectivity index (χ1) is 26.2. The van der Waals surface area contributed by atoms with E-state index in [4.69, 9.17) is 16.5 Å². The van der Waals surface area contributed by atoms with Gasteiger partial charge in [-0.05, 0) is 59.0 Å². The van der Waals surface area contributed by atoms with Crippen LogP contribution in [-0.4, -0.2) is 58.9 Å². The van der Waals surface area contributed by atoms with Crippen molar-refractivity contribution in [2.75, 3.05) is 40.1 Å². The standard InChI is InChI=1S/C42H42N8O4/c43-37(51)15-13-31-24-48(16-17-50(31)35-11-5-10-34-32(35)21-40(54)47-34)30-9-4-8-28(19-30)41(27-6-2-1-3-7-27)42-36(22-38(44)52)49(25-45-42)23-26-12-14-33-29(18-26)20-39(53)46-33/h1-12,14,18-19,25,31,41H,13,15-17,20-24H2,(H2,43,51)(H2,44,52)(H,46,53)(H,47,54). The minimum atomic E-state index is -0.452. The van der Waals surface area contributed by atoms with Gasteiger partial charge in [0.2, 0.25) is 23.6 Å². The van der Waals surface area contributed by atoms with Crippen molar-refractivity contribution in [3.05, 3.63) is 137 Å². The van der Waals surface area contributed by atoms with Gasteiger partial charge in [0.25, 0.3) is 0 Å². The molecule has 1 saturated heterocycles. The first kappa shape index (κ1) is 34.6. The van der Waals surface area contributed by atoms with E-state index in [-0.39, 0.29) is 42.5 Å². The Hall–Kier alpha value is -6.43. The lowest BCUT2D eigenvalue weighted by Crippen LogP contribution is -2.54. The van der Waals surface area contributed by atoms with Crippen LogP contribution < -0.4 is 31.9 Å². The normalized spacial score (nSPS) is 16.8. The fourth-order valence-electron chi connectivity index (χ4n) is 8.25. The predicted octanol–water partition coefficient (Wildman–Crippen LogP) is 4.09. The zero-order valence-electron chi connectivity index (χ0n) is 29.8. The Morgan fingerprint density at radius 2 is 1.59 bits per heavy atom. The maximum Gasteiger partial charge on any atom is 0.228 e. The average molecular weight is 723 g/mol. The molecule has 8 rings (SSSR count). The number of imidazole rings is 1. The Kier molecular flexibility index (Phi) is 9.32. The number of nitrogens with two attached hydrogens (primary N) is 2. The van der Waals surface area contributed by atoms with Crippen LogP contribution in [-0.2, 0) is 45.0 Å². The lowest BCUT2D eigenvalue weighted by molar-refractivity contribution is -0.118. The number of hydrogen-bond acceptors (Lipinski definition) is 7. The summed E-state index contributed by atoms with van der Waals surface area (Å²) in [5.41, 5.74) is 21.7. The summed E-state index contributed by atoms with van der Waals surface area (Å²) in [4.78, 5) is 58.5. The Morgan fingerprint density at radius 1 is 0.815 bits per heavy atom.